The van der Waals surface area contributed by atoms with Crippen molar-refractivity contribution >= 4 is 22.4 Å². The Kier molecular flexibility index (Phi) is 4.70. The predicted molar refractivity (Wildman–Crippen MR) is 106 cm³/mol. The molecular weight excluding hydrogens is 377 g/mol. The lowest BCUT2D eigenvalue weighted by molar-refractivity contribution is 0.102. The number of anilines is 1. The summed E-state index contributed by atoms with van der Waals surface area (Å²) < 4.78 is 15.3. The van der Waals surface area contributed by atoms with E-state index >= 15 is 0 Å². The van der Waals surface area contributed by atoms with Crippen molar-refractivity contribution in [2.24, 2.45) is 0 Å². The molecule has 0 aliphatic carbocycles. The van der Waals surface area contributed by atoms with E-state index in [1.54, 1.807) is 12.1 Å². The molecule has 140 valence electrons. The van der Waals surface area contributed by atoms with Crippen LogP contribution in [0.25, 0.3) is 16.9 Å². The van der Waals surface area contributed by atoms with E-state index in [0.29, 0.717) is 5.13 Å². The molecule has 3 aromatic heterocycles. The number of halogens is 1. The summed E-state index contributed by atoms with van der Waals surface area (Å²) in [6.45, 7) is 3.98. The van der Waals surface area contributed by atoms with Crippen LogP contribution in [0.5, 0.6) is 0 Å². The zero-order chi connectivity index (χ0) is 19.7. The molecule has 0 atom stereocenters. The second-order valence-corrected chi connectivity index (χ2v) is 7.04. The Hall–Kier alpha value is -3.39. The number of carbonyl (C=O) groups is 1. The summed E-state index contributed by atoms with van der Waals surface area (Å²) in [5.74, 6) is -0.625. The molecule has 0 aliphatic rings. The first-order valence-electron chi connectivity index (χ1n) is 8.51. The number of aryl methyl sites for hydroxylation is 1. The van der Waals surface area contributed by atoms with Crippen molar-refractivity contribution in [2.75, 3.05) is 5.32 Å². The molecule has 8 heteroatoms. The molecule has 28 heavy (non-hydrogen) atoms. The monoisotopic (exact) mass is 393 g/mol. The van der Waals surface area contributed by atoms with Crippen molar-refractivity contribution in [2.45, 2.75) is 13.8 Å². The molecule has 1 amide bonds. The lowest BCUT2D eigenvalue weighted by Crippen LogP contribution is -2.13. The first-order valence-corrected chi connectivity index (χ1v) is 9.39. The number of carbonyl (C=O) groups excluding carboxylic acids is 1. The van der Waals surface area contributed by atoms with Crippen LogP contribution in [0.4, 0.5) is 9.52 Å². The van der Waals surface area contributed by atoms with E-state index in [1.165, 1.54) is 42.1 Å². The SMILES string of the molecule is Cc1cc(-c2csc(NC(=O)c3cnccn3)n2)c(C)n1-c1ccc(F)cc1. The highest BCUT2D eigenvalue weighted by molar-refractivity contribution is 7.14. The molecule has 6 nitrogen and oxygen atoms in total. The number of thiazole rings is 1. The summed E-state index contributed by atoms with van der Waals surface area (Å²) >= 11 is 1.34. The normalized spacial score (nSPS) is 10.8. The van der Waals surface area contributed by atoms with Crippen molar-refractivity contribution < 1.29 is 9.18 Å². The van der Waals surface area contributed by atoms with Crippen LogP contribution >= 0.6 is 11.3 Å². The number of aromatic nitrogens is 4. The second-order valence-electron chi connectivity index (χ2n) is 6.18. The van der Waals surface area contributed by atoms with Gasteiger partial charge in [0.05, 0.1) is 11.9 Å². The first kappa shape index (κ1) is 18.0. The van der Waals surface area contributed by atoms with Crippen molar-refractivity contribution in [1.82, 2.24) is 19.5 Å². The predicted octanol–water partition coefficient (Wildman–Crippen LogP) is 4.40. The van der Waals surface area contributed by atoms with Crippen LogP contribution in [0.2, 0.25) is 0 Å². The van der Waals surface area contributed by atoms with Crippen LogP contribution in [-0.4, -0.2) is 25.4 Å². The van der Waals surface area contributed by atoms with Crippen LogP contribution in [0.3, 0.4) is 0 Å². The van der Waals surface area contributed by atoms with E-state index in [1.807, 2.05) is 29.9 Å². The van der Waals surface area contributed by atoms with Gasteiger partial charge >= 0.3 is 0 Å². The minimum Gasteiger partial charge on any atom is -0.318 e. The molecule has 4 rings (SSSR count). The fourth-order valence-electron chi connectivity index (χ4n) is 3.04. The lowest BCUT2D eigenvalue weighted by atomic mass is 10.2. The summed E-state index contributed by atoms with van der Waals surface area (Å²) in [5.41, 5.74) is 4.83. The maximum atomic E-state index is 13.2. The Morgan fingerprint density at radius 3 is 2.68 bits per heavy atom. The van der Waals surface area contributed by atoms with Crippen LogP contribution in [0.15, 0.2) is 54.3 Å². The van der Waals surface area contributed by atoms with Gasteiger partial charge in [-0.15, -0.1) is 11.3 Å². The minimum absolute atomic E-state index is 0.230. The first-order chi connectivity index (χ1) is 13.5. The molecule has 0 bridgehead atoms. The van der Waals surface area contributed by atoms with E-state index in [4.69, 9.17) is 0 Å². The van der Waals surface area contributed by atoms with Crippen LogP contribution in [-0.2, 0) is 0 Å². The number of amides is 1. The number of rotatable bonds is 4. The van der Waals surface area contributed by atoms with Gasteiger partial charge in [0.25, 0.3) is 5.91 Å². The van der Waals surface area contributed by atoms with E-state index < -0.39 is 0 Å². The van der Waals surface area contributed by atoms with Crippen LogP contribution in [0, 0.1) is 19.7 Å². The van der Waals surface area contributed by atoms with Crippen molar-refractivity contribution in [1.29, 1.82) is 0 Å². The maximum absolute atomic E-state index is 13.2. The van der Waals surface area contributed by atoms with E-state index in [0.717, 1.165) is 28.3 Å². The van der Waals surface area contributed by atoms with E-state index in [-0.39, 0.29) is 17.4 Å². The van der Waals surface area contributed by atoms with Crippen LogP contribution in [0.1, 0.15) is 21.9 Å². The molecule has 0 fully saturated rings. The van der Waals surface area contributed by atoms with Gasteiger partial charge in [0.1, 0.15) is 11.5 Å². The molecule has 1 N–H and O–H groups in total. The lowest BCUT2D eigenvalue weighted by Gasteiger charge is -2.09. The highest BCUT2D eigenvalue weighted by Crippen LogP contribution is 2.31. The molecule has 4 aromatic rings. The number of nitrogens with one attached hydrogen (secondary N) is 1. The molecular formula is C20H16FN5OS. The molecule has 3 heterocycles. The van der Waals surface area contributed by atoms with Gasteiger partial charge < -0.3 is 4.57 Å². The maximum Gasteiger partial charge on any atom is 0.277 e. The molecule has 0 aliphatic heterocycles. The molecule has 0 spiro atoms. The van der Waals surface area contributed by atoms with Gasteiger partial charge in [0, 0.05) is 40.4 Å². The summed E-state index contributed by atoms with van der Waals surface area (Å²) in [5, 5.41) is 5.12. The molecule has 0 radical (unpaired) electrons. The van der Waals surface area contributed by atoms with Crippen molar-refractivity contribution in [3.63, 3.8) is 0 Å². The Bertz CT molecular complexity index is 1140. The summed E-state index contributed by atoms with van der Waals surface area (Å²) in [6, 6.07) is 8.40. The Morgan fingerprint density at radius 2 is 1.96 bits per heavy atom. The number of nitrogens with zero attached hydrogens (tertiary/aromatic N) is 4. The Morgan fingerprint density at radius 1 is 1.18 bits per heavy atom. The standard InChI is InChI=1S/C20H16FN5OS/c1-12-9-16(13(2)26(12)15-5-3-14(21)4-6-15)18-11-28-20(24-18)25-19(27)17-10-22-7-8-23-17/h3-11H,1-2H3,(H,24,25,27). The average molecular weight is 393 g/mol. The third-order valence-corrected chi connectivity index (χ3v) is 5.07. The minimum atomic E-state index is -0.356. The highest BCUT2D eigenvalue weighted by Gasteiger charge is 2.16. The highest BCUT2D eigenvalue weighted by atomic mass is 32.1. The fourth-order valence-corrected chi connectivity index (χ4v) is 3.75. The molecule has 0 unspecified atom stereocenters. The van der Waals surface area contributed by atoms with Crippen molar-refractivity contribution in [3.8, 4) is 16.9 Å². The third kappa shape index (κ3) is 3.41. The van der Waals surface area contributed by atoms with E-state index in [9.17, 15) is 9.18 Å². The van der Waals surface area contributed by atoms with Gasteiger partial charge in [-0.25, -0.2) is 14.4 Å². The van der Waals surface area contributed by atoms with Crippen LogP contribution < -0.4 is 5.32 Å². The number of hydrogen-bond acceptors (Lipinski definition) is 5. The number of benzene rings is 1. The van der Waals surface area contributed by atoms with Gasteiger partial charge in [-0.2, -0.15) is 0 Å². The Balaban J connectivity index is 1.61. The van der Waals surface area contributed by atoms with Gasteiger partial charge in [0.2, 0.25) is 0 Å². The topological polar surface area (TPSA) is 72.7 Å². The van der Waals surface area contributed by atoms with Gasteiger partial charge in [-0.3, -0.25) is 15.1 Å². The largest absolute Gasteiger partial charge is 0.318 e. The van der Waals surface area contributed by atoms with Gasteiger partial charge in [0.15, 0.2) is 5.13 Å². The summed E-state index contributed by atoms with van der Waals surface area (Å²) in [7, 11) is 0. The third-order valence-electron chi connectivity index (χ3n) is 4.31. The van der Waals surface area contributed by atoms with Gasteiger partial charge in [-0.1, -0.05) is 0 Å². The summed E-state index contributed by atoms with van der Waals surface area (Å²) in [6.07, 6.45) is 4.38. The molecule has 0 saturated carbocycles. The smallest absolute Gasteiger partial charge is 0.277 e. The fraction of sp³-hybridized carbons (Fsp3) is 0.100. The second kappa shape index (κ2) is 7.32. The zero-order valence-corrected chi connectivity index (χ0v) is 16.0. The number of hydrogen-bond donors (Lipinski definition) is 1. The van der Waals surface area contributed by atoms with Crippen molar-refractivity contribution in [3.05, 3.63) is 77.2 Å². The quantitative estimate of drug-likeness (QED) is 0.558. The average Bonchev–Trinajstić information content (AvgIpc) is 3.27. The molecule has 1 aromatic carbocycles. The van der Waals surface area contributed by atoms with Gasteiger partial charge in [-0.05, 0) is 44.2 Å². The Labute approximate surface area is 164 Å². The zero-order valence-electron chi connectivity index (χ0n) is 15.2. The van der Waals surface area contributed by atoms with E-state index in [2.05, 4.69) is 20.3 Å². The molecule has 0 saturated heterocycles. The summed E-state index contributed by atoms with van der Waals surface area (Å²) in [4.78, 5) is 24.6.